The topological polar surface area (TPSA) is 56.3 Å². The highest BCUT2D eigenvalue weighted by Gasteiger charge is 2.46. The lowest BCUT2D eigenvalue weighted by Crippen LogP contribution is -2.25. The molecule has 0 amide bonds. The second-order valence-corrected chi connectivity index (χ2v) is 6.78. The molecule has 130 valence electrons. The number of rotatable bonds is 7. The van der Waals surface area contributed by atoms with Gasteiger partial charge in [0.05, 0.1) is 10.9 Å². The average molecular weight is 358 g/mol. The fraction of sp³-hybridized carbons (Fsp3) is 0.350. The Hall–Kier alpha value is -2.20. The third kappa shape index (κ3) is 4.45. The van der Waals surface area contributed by atoms with Crippen molar-refractivity contribution in [2.75, 3.05) is 0 Å². The summed E-state index contributed by atoms with van der Waals surface area (Å²) >= 11 is 6.12. The smallest absolute Gasteiger partial charge is 0.310 e. The first kappa shape index (κ1) is 17.6. The molecule has 0 N–H and O–H groups in total. The summed E-state index contributed by atoms with van der Waals surface area (Å²) in [7, 11) is 0. The third-order valence-corrected chi connectivity index (χ3v) is 4.86. The summed E-state index contributed by atoms with van der Waals surface area (Å²) in [5, 5.41) is 0.565. The number of aromatic nitrogens is 1. The van der Waals surface area contributed by atoms with E-state index in [4.69, 9.17) is 16.3 Å². The van der Waals surface area contributed by atoms with Crippen LogP contribution in [0.2, 0.25) is 5.02 Å². The lowest BCUT2D eigenvalue weighted by atomic mass is 10.1. The number of carbonyl (C=O) groups is 2. The summed E-state index contributed by atoms with van der Waals surface area (Å²) in [4.78, 5) is 28.4. The zero-order valence-electron chi connectivity index (χ0n) is 14.0. The molecule has 1 aromatic heterocycles. The van der Waals surface area contributed by atoms with Crippen LogP contribution in [0.4, 0.5) is 0 Å². The van der Waals surface area contributed by atoms with Gasteiger partial charge in [-0.05, 0) is 42.9 Å². The Bertz CT molecular complexity index is 763. The van der Waals surface area contributed by atoms with Crippen LogP contribution >= 0.6 is 11.6 Å². The lowest BCUT2D eigenvalue weighted by molar-refractivity contribution is -0.155. The van der Waals surface area contributed by atoms with E-state index >= 15 is 0 Å². The summed E-state index contributed by atoms with van der Waals surface area (Å²) in [6.45, 7) is 1.64. The minimum atomic E-state index is -0.717. The van der Waals surface area contributed by atoms with Crippen molar-refractivity contribution in [3.8, 4) is 0 Å². The summed E-state index contributed by atoms with van der Waals surface area (Å²) in [6, 6.07) is 11.6. The van der Waals surface area contributed by atoms with Gasteiger partial charge < -0.3 is 4.74 Å². The van der Waals surface area contributed by atoms with Gasteiger partial charge in [-0.3, -0.25) is 14.6 Å². The SMILES string of the molecule is CC(OC(=O)[C@@H]1C[C@H]1c1ccncc1Cl)C(=O)CCc1ccccc1. The Labute approximate surface area is 152 Å². The molecule has 2 aromatic rings. The number of hydrogen-bond donors (Lipinski definition) is 0. The molecule has 3 rings (SSSR count). The molecule has 1 fully saturated rings. The molecule has 1 saturated carbocycles. The second kappa shape index (κ2) is 7.79. The summed E-state index contributed by atoms with van der Waals surface area (Å²) in [5.41, 5.74) is 2.02. The van der Waals surface area contributed by atoms with Gasteiger partial charge in [0.25, 0.3) is 0 Å². The van der Waals surface area contributed by atoms with Crippen molar-refractivity contribution in [3.05, 3.63) is 64.9 Å². The number of pyridine rings is 1. The number of ketones is 1. The van der Waals surface area contributed by atoms with Gasteiger partial charge >= 0.3 is 5.97 Å². The van der Waals surface area contributed by atoms with Crippen LogP contribution in [0.1, 0.15) is 36.8 Å². The molecule has 1 aliphatic rings. The maximum atomic E-state index is 12.3. The van der Waals surface area contributed by atoms with E-state index in [0.717, 1.165) is 11.1 Å². The molecule has 1 aromatic carbocycles. The van der Waals surface area contributed by atoms with Crippen LogP contribution < -0.4 is 0 Å². The quantitative estimate of drug-likeness (QED) is 0.703. The van der Waals surface area contributed by atoms with Crippen LogP contribution in [0.15, 0.2) is 48.8 Å². The maximum Gasteiger partial charge on any atom is 0.310 e. The van der Waals surface area contributed by atoms with Gasteiger partial charge in [0.2, 0.25) is 0 Å². The molecule has 25 heavy (non-hydrogen) atoms. The first-order valence-electron chi connectivity index (χ1n) is 8.43. The summed E-state index contributed by atoms with van der Waals surface area (Å²) in [5.74, 6) is -0.534. The minimum absolute atomic E-state index is 0.0589. The summed E-state index contributed by atoms with van der Waals surface area (Å²) in [6.07, 6.45) is 4.24. The number of aryl methyl sites for hydroxylation is 1. The van der Waals surface area contributed by atoms with E-state index in [2.05, 4.69) is 4.98 Å². The Morgan fingerprint density at radius 3 is 2.76 bits per heavy atom. The highest BCUT2D eigenvalue weighted by atomic mass is 35.5. The second-order valence-electron chi connectivity index (χ2n) is 6.38. The van der Waals surface area contributed by atoms with E-state index in [9.17, 15) is 9.59 Å². The van der Waals surface area contributed by atoms with Gasteiger partial charge in [-0.1, -0.05) is 41.9 Å². The number of ether oxygens (including phenoxy) is 1. The van der Waals surface area contributed by atoms with Gasteiger partial charge in [-0.2, -0.15) is 0 Å². The monoisotopic (exact) mass is 357 g/mol. The molecule has 5 heteroatoms. The van der Waals surface area contributed by atoms with Gasteiger partial charge in [0.1, 0.15) is 0 Å². The van der Waals surface area contributed by atoms with Crippen molar-refractivity contribution in [1.82, 2.24) is 4.98 Å². The molecular formula is C20H20ClNO3. The predicted molar refractivity (Wildman–Crippen MR) is 95.4 cm³/mol. The third-order valence-electron chi connectivity index (χ3n) is 4.55. The number of esters is 1. The number of benzene rings is 1. The molecule has 0 aliphatic heterocycles. The number of carbonyl (C=O) groups excluding carboxylic acids is 2. The highest BCUT2D eigenvalue weighted by Crippen LogP contribution is 2.50. The van der Waals surface area contributed by atoms with Crippen molar-refractivity contribution >= 4 is 23.4 Å². The summed E-state index contributed by atoms with van der Waals surface area (Å²) < 4.78 is 5.37. The first-order valence-corrected chi connectivity index (χ1v) is 8.80. The van der Waals surface area contributed by atoms with Gasteiger partial charge in [0, 0.05) is 18.8 Å². The van der Waals surface area contributed by atoms with Crippen molar-refractivity contribution in [3.63, 3.8) is 0 Å². The average Bonchev–Trinajstić information content (AvgIpc) is 3.41. The van der Waals surface area contributed by atoms with Crippen LogP contribution in [-0.2, 0) is 20.7 Å². The first-order chi connectivity index (χ1) is 12.1. The van der Waals surface area contributed by atoms with Crippen molar-refractivity contribution in [2.24, 2.45) is 5.92 Å². The zero-order chi connectivity index (χ0) is 17.8. The zero-order valence-corrected chi connectivity index (χ0v) is 14.8. The normalized spacial score (nSPS) is 19.9. The number of nitrogens with zero attached hydrogens (tertiary/aromatic N) is 1. The number of hydrogen-bond acceptors (Lipinski definition) is 4. The largest absolute Gasteiger partial charge is 0.454 e. The molecule has 0 radical (unpaired) electrons. The van der Waals surface area contributed by atoms with Crippen LogP contribution in [-0.4, -0.2) is 22.8 Å². The van der Waals surface area contributed by atoms with E-state index < -0.39 is 6.10 Å². The highest BCUT2D eigenvalue weighted by molar-refractivity contribution is 6.31. The molecule has 3 atom stereocenters. The predicted octanol–water partition coefficient (Wildman–Crippen LogP) is 3.97. The van der Waals surface area contributed by atoms with Crippen LogP contribution in [0.3, 0.4) is 0 Å². The van der Waals surface area contributed by atoms with E-state index in [1.54, 1.807) is 19.3 Å². The Balaban J connectivity index is 1.48. The molecule has 0 spiro atoms. The van der Waals surface area contributed by atoms with Crippen LogP contribution in [0.25, 0.3) is 0 Å². The Morgan fingerprint density at radius 2 is 2.04 bits per heavy atom. The fourth-order valence-corrected chi connectivity index (χ4v) is 3.19. The van der Waals surface area contributed by atoms with E-state index in [1.807, 2.05) is 36.4 Å². The van der Waals surface area contributed by atoms with E-state index in [-0.39, 0.29) is 23.6 Å². The van der Waals surface area contributed by atoms with Gasteiger partial charge in [-0.15, -0.1) is 0 Å². The lowest BCUT2D eigenvalue weighted by Gasteiger charge is -2.12. The van der Waals surface area contributed by atoms with Gasteiger partial charge in [-0.25, -0.2) is 0 Å². The van der Waals surface area contributed by atoms with E-state index in [1.165, 1.54) is 0 Å². The van der Waals surface area contributed by atoms with Crippen molar-refractivity contribution in [2.45, 2.75) is 38.2 Å². The minimum Gasteiger partial charge on any atom is -0.454 e. The molecule has 0 saturated heterocycles. The van der Waals surface area contributed by atoms with Gasteiger partial charge in [0.15, 0.2) is 11.9 Å². The van der Waals surface area contributed by atoms with Crippen molar-refractivity contribution < 1.29 is 14.3 Å². The van der Waals surface area contributed by atoms with Crippen LogP contribution in [0, 0.1) is 5.92 Å². The standard InChI is InChI=1S/C20H20ClNO3/c1-13(19(23)8-7-14-5-3-2-4-6-14)25-20(24)17-11-16(17)15-9-10-22-12-18(15)21/h2-6,9-10,12-13,16-17H,7-8,11H2,1H3/t13?,16-,17+/m0/s1. The Kier molecular flexibility index (Phi) is 5.49. The van der Waals surface area contributed by atoms with E-state index in [0.29, 0.717) is 24.3 Å². The fourth-order valence-electron chi connectivity index (χ4n) is 2.93. The molecule has 1 aliphatic carbocycles. The van der Waals surface area contributed by atoms with Crippen molar-refractivity contribution in [1.29, 1.82) is 0 Å². The number of Topliss-reactive ketones (excluding diaryl/α,β-unsaturated/α-hetero) is 1. The molecule has 1 unspecified atom stereocenters. The molecule has 0 bridgehead atoms. The van der Waals surface area contributed by atoms with Crippen LogP contribution in [0.5, 0.6) is 0 Å². The maximum absolute atomic E-state index is 12.3. The molecule has 4 nitrogen and oxygen atoms in total. The molecular weight excluding hydrogens is 338 g/mol. The molecule has 1 heterocycles. The Morgan fingerprint density at radius 1 is 1.28 bits per heavy atom. The number of halogens is 1.